The Labute approximate surface area is 176 Å². The molecule has 0 aromatic heterocycles. The average molecular weight is 426 g/mol. The predicted molar refractivity (Wildman–Crippen MR) is 114 cm³/mol. The van der Waals surface area contributed by atoms with Gasteiger partial charge in [-0.15, -0.1) is 0 Å². The number of sulfonamides is 1. The lowest BCUT2D eigenvalue weighted by atomic mass is 10.1. The maximum absolute atomic E-state index is 12.6. The van der Waals surface area contributed by atoms with Crippen LogP contribution in [0.25, 0.3) is 6.08 Å². The largest absolute Gasteiger partial charge is 0.494 e. The molecule has 0 bridgehead atoms. The van der Waals surface area contributed by atoms with Gasteiger partial charge in [0.25, 0.3) is 15.9 Å². The van der Waals surface area contributed by atoms with E-state index < -0.39 is 10.0 Å². The summed E-state index contributed by atoms with van der Waals surface area (Å²) in [6, 6.07) is 14.6. The van der Waals surface area contributed by atoms with Crippen molar-refractivity contribution in [2.75, 3.05) is 24.4 Å². The van der Waals surface area contributed by atoms with Gasteiger partial charge in [-0.05, 0) is 67.8 Å². The summed E-state index contributed by atoms with van der Waals surface area (Å²) in [4.78, 5) is 14.2. The van der Waals surface area contributed by atoms with E-state index in [1.54, 1.807) is 41.3 Å². The molecule has 1 amide bonds. The highest BCUT2D eigenvalue weighted by Gasteiger charge is 2.21. The summed E-state index contributed by atoms with van der Waals surface area (Å²) in [6.45, 7) is 3.70. The zero-order valence-electron chi connectivity index (χ0n) is 16.7. The van der Waals surface area contributed by atoms with Gasteiger partial charge in [0.05, 0.1) is 11.5 Å². The molecular formula is C22H23N3O4S. The molecule has 1 fully saturated rings. The van der Waals surface area contributed by atoms with Gasteiger partial charge in [0, 0.05) is 18.8 Å². The first-order valence-corrected chi connectivity index (χ1v) is 11.2. The van der Waals surface area contributed by atoms with Gasteiger partial charge < -0.3 is 9.64 Å². The Bertz CT molecular complexity index is 1060. The van der Waals surface area contributed by atoms with E-state index in [0.29, 0.717) is 36.7 Å². The molecule has 1 aliphatic heterocycles. The normalized spacial score (nSPS) is 14.3. The molecule has 7 nitrogen and oxygen atoms in total. The molecule has 0 saturated carbocycles. The Morgan fingerprint density at radius 2 is 1.77 bits per heavy atom. The summed E-state index contributed by atoms with van der Waals surface area (Å²) in [5, 5.41) is 9.34. The fourth-order valence-corrected chi connectivity index (χ4v) is 4.20. The number of anilines is 1. The highest BCUT2D eigenvalue weighted by atomic mass is 32.2. The summed E-state index contributed by atoms with van der Waals surface area (Å²) in [6.07, 6.45) is 3.42. The maximum Gasteiger partial charge on any atom is 0.264 e. The first-order valence-electron chi connectivity index (χ1n) is 9.70. The Hall–Kier alpha value is -3.31. The number of hydrogen-bond acceptors (Lipinski definition) is 5. The zero-order valence-corrected chi connectivity index (χ0v) is 17.5. The van der Waals surface area contributed by atoms with E-state index in [9.17, 15) is 18.5 Å². The van der Waals surface area contributed by atoms with Gasteiger partial charge in [-0.2, -0.15) is 5.26 Å². The van der Waals surface area contributed by atoms with Crippen LogP contribution in [-0.4, -0.2) is 38.9 Å². The first-order chi connectivity index (χ1) is 14.4. The van der Waals surface area contributed by atoms with Crippen molar-refractivity contribution in [1.29, 1.82) is 5.26 Å². The van der Waals surface area contributed by atoms with Crippen molar-refractivity contribution in [3.05, 3.63) is 59.7 Å². The van der Waals surface area contributed by atoms with Crippen molar-refractivity contribution < 1.29 is 17.9 Å². The van der Waals surface area contributed by atoms with Crippen LogP contribution >= 0.6 is 0 Å². The summed E-state index contributed by atoms with van der Waals surface area (Å²) < 4.78 is 33.0. The van der Waals surface area contributed by atoms with Crippen LogP contribution in [0, 0.1) is 11.3 Å². The van der Waals surface area contributed by atoms with Gasteiger partial charge in [-0.1, -0.05) is 12.1 Å². The standard InChI is InChI=1S/C22H23N3O4S/c1-2-29-20-9-11-21(12-10-20)30(27,28)24-19-7-5-17(6-8-19)15-18(16-23)22(26)25-13-3-4-14-25/h5-12,15,24H,2-4,13-14H2,1H3/b18-15-. The van der Waals surface area contributed by atoms with Crippen molar-refractivity contribution in [2.45, 2.75) is 24.7 Å². The smallest absolute Gasteiger partial charge is 0.264 e. The highest BCUT2D eigenvalue weighted by Crippen LogP contribution is 2.21. The SMILES string of the molecule is CCOc1ccc(S(=O)(=O)Nc2ccc(/C=C(/C#N)C(=O)N3CCCC3)cc2)cc1. The van der Waals surface area contributed by atoms with Crippen LogP contribution in [0.5, 0.6) is 5.75 Å². The van der Waals surface area contributed by atoms with E-state index in [1.165, 1.54) is 18.2 Å². The van der Waals surface area contributed by atoms with Gasteiger partial charge >= 0.3 is 0 Å². The molecule has 0 spiro atoms. The number of likely N-dealkylation sites (tertiary alicyclic amines) is 1. The van der Waals surface area contributed by atoms with Gasteiger partial charge in [0.15, 0.2) is 0 Å². The monoisotopic (exact) mass is 425 g/mol. The van der Waals surface area contributed by atoms with Crippen molar-refractivity contribution in [2.24, 2.45) is 0 Å². The number of rotatable bonds is 7. The third-order valence-electron chi connectivity index (χ3n) is 4.66. The summed E-state index contributed by atoms with van der Waals surface area (Å²) >= 11 is 0. The number of amides is 1. The Balaban J connectivity index is 1.71. The van der Waals surface area contributed by atoms with E-state index in [1.807, 2.05) is 13.0 Å². The molecule has 156 valence electrons. The number of benzene rings is 2. The highest BCUT2D eigenvalue weighted by molar-refractivity contribution is 7.92. The number of ether oxygens (including phenoxy) is 1. The molecule has 0 unspecified atom stereocenters. The van der Waals surface area contributed by atoms with E-state index in [0.717, 1.165) is 12.8 Å². The van der Waals surface area contributed by atoms with Crippen molar-refractivity contribution in [3.8, 4) is 11.8 Å². The molecule has 2 aromatic rings. The lowest BCUT2D eigenvalue weighted by molar-refractivity contribution is -0.125. The Morgan fingerprint density at radius 1 is 1.13 bits per heavy atom. The molecule has 30 heavy (non-hydrogen) atoms. The van der Waals surface area contributed by atoms with E-state index in [4.69, 9.17) is 4.74 Å². The summed E-state index contributed by atoms with van der Waals surface area (Å²) in [7, 11) is -3.74. The number of carbonyl (C=O) groups is 1. The molecule has 1 saturated heterocycles. The first kappa shape index (κ1) is 21.4. The number of hydrogen-bond donors (Lipinski definition) is 1. The van der Waals surface area contributed by atoms with E-state index in [2.05, 4.69) is 4.72 Å². The zero-order chi connectivity index (χ0) is 21.6. The van der Waals surface area contributed by atoms with Crippen LogP contribution in [0.3, 0.4) is 0 Å². The van der Waals surface area contributed by atoms with Crippen molar-refractivity contribution >= 4 is 27.7 Å². The quantitative estimate of drug-likeness (QED) is 0.541. The lowest BCUT2D eigenvalue weighted by Gasteiger charge is -2.14. The predicted octanol–water partition coefficient (Wildman–Crippen LogP) is 3.42. The Morgan fingerprint density at radius 3 is 2.33 bits per heavy atom. The third-order valence-corrected chi connectivity index (χ3v) is 6.06. The molecule has 0 atom stereocenters. The fraction of sp³-hybridized carbons (Fsp3) is 0.273. The molecule has 3 rings (SSSR count). The minimum Gasteiger partial charge on any atom is -0.494 e. The molecule has 0 aliphatic carbocycles. The van der Waals surface area contributed by atoms with Crippen LogP contribution in [0.2, 0.25) is 0 Å². The van der Waals surface area contributed by atoms with Gasteiger partial charge in [-0.25, -0.2) is 8.42 Å². The summed E-state index contributed by atoms with van der Waals surface area (Å²) in [5.41, 5.74) is 1.09. The second-order valence-corrected chi connectivity index (χ2v) is 8.48. The molecule has 0 radical (unpaired) electrons. The molecule has 1 aliphatic rings. The van der Waals surface area contributed by atoms with Crippen LogP contribution in [0.1, 0.15) is 25.3 Å². The lowest BCUT2D eigenvalue weighted by Crippen LogP contribution is -2.28. The van der Waals surface area contributed by atoms with Crippen LogP contribution in [-0.2, 0) is 14.8 Å². The summed E-state index contributed by atoms with van der Waals surface area (Å²) in [5.74, 6) is 0.333. The second-order valence-electron chi connectivity index (χ2n) is 6.80. The molecule has 1 N–H and O–H groups in total. The van der Waals surface area contributed by atoms with Crippen LogP contribution in [0.15, 0.2) is 59.0 Å². The van der Waals surface area contributed by atoms with Gasteiger partial charge in [0.2, 0.25) is 0 Å². The minimum absolute atomic E-state index is 0.0691. The number of carbonyl (C=O) groups excluding carboxylic acids is 1. The van der Waals surface area contributed by atoms with Crippen molar-refractivity contribution in [3.63, 3.8) is 0 Å². The van der Waals surface area contributed by atoms with Gasteiger partial charge in [-0.3, -0.25) is 9.52 Å². The second kappa shape index (κ2) is 9.46. The molecule has 1 heterocycles. The average Bonchev–Trinajstić information content (AvgIpc) is 3.28. The molecule has 8 heteroatoms. The fourth-order valence-electron chi connectivity index (χ4n) is 3.14. The third kappa shape index (κ3) is 5.19. The van der Waals surface area contributed by atoms with Crippen LogP contribution in [0.4, 0.5) is 5.69 Å². The molecule has 2 aromatic carbocycles. The maximum atomic E-state index is 12.6. The number of nitrogens with one attached hydrogen (secondary N) is 1. The molecular weight excluding hydrogens is 402 g/mol. The minimum atomic E-state index is -3.74. The Kier molecular flexibility index (Phi) is 6.75. The van der Waals surface area contributed by atoms with Crippen molar-refractivity contribution in [1.82, 2.24) is 4.90 Å². The topological polar surface area (TPSA) is 99.5 Å². The van der Waals surface area contributed by atoms with E-state index in [-0.39, 0.29) is 16.4 Å². The number of nitrogens with zero attached hydrogens (tertiary/aromatic N) is 2. The number of nitriles is 1. The van der Waals surface area contributed by atoms with E-state index >= 15 is 0 Å². The van der Waals surface area contributed by atoms with Crippen LogP contribution < -0.4 is 9.46 Å². The van der Waals surface area contributed by atoms with Gasteiger partial charge in [0.1, 0.15) is 17.4 Å².